The molecule has 0 spiro atoms. The van der Waals surface area contributed by atoms with Gasteiger partial charge >= 0.3 is 5.00 Å². The summed E-state index contributed by atoms with van der Waals surface area (Å²) in [5.74, 6) is 0.494. The van der Waals surface area contributed by atoms with Crippen LogP contribution in [0.15, 0.2) is 66.7 Å². The largest absolute Gasteiger partial charge is 0.489 e. The summed E-state index contributed by atoms with van der Waals surface area (Å²) in [7, 11) is 0. The summed E-state index contributed by atoms with van der Waals surface area (Å²) in [6.07, 6.45) is 0. The summed E-state index contributed by atoms with van der Waals surface area (Å²) in [4.78, 5) is 22.5. The molecule has 0 saturated heterocycles. The zero-order valence-corrected chi connectivity index (χ0v) is 14.6. The van der Waals surface area contributed by atoms with Crippen LogP contribution in [0.5, 0.6) is 5.75 Å². The van der Waals surface area contributed by atoms with E-state index < -0.39 is 4.92 Å². The lowest BCUT2D eigenvalue weighted by Gasteiger charge is -2.08. The summed E-state index contributed by atoms with van der Waals surface area (Å²) < 4.78 is 5.69. The molecule has 7 heteroatoms. The summed E-state index contributed by atoms with van der Waals surface area (Å²) >= 11 is 0.864. The van der Waals surface area contributed by atoms with Crippen LogP contribution in [-0.2, 0) is 13.2 Å². The molecule has 0 radical (unpaired) electrons. The normalized spacial score (nSPS) is 10.3. The molecule has 3 aromatic rings. The van der Waals surface area contributed by atoms with Gasteiger partial charge in [0.2, 0.25) is 0 Å². The van der Waals surface area contributed by atoms with Crippen molar-refractivity contribution in [2.45, 2.75) is 13.2 Å². The minimum Gasteiger partial charge on any atom is -0.489 e. The first kappa shape index (κ1) is 17.6. The second-order valence-electron chi connectivity index (χ2n) is 5.50. The standard InChI is InChI=1S/C19H16N2O4S/c22-19(17-10-11-18(26-17)21(23)24)20-12-14-6-8-15(9-7-14)13-25-16-4-2-1-3-5-16/h1-11H,12-13H2,(H,20,22). The van der Waals surface area contributed by atoms with E-state index in [0.717, 1.165) is 28.2 Å². The van der Waals surface area contributed by atoms with E-state index in [4.69, 9.17) is 4.74 Å². The van der Waals surface area contributed by atoms with E-state index in [1.807, 2.05) is 54.6 Å². The molecular formula is C19H16N2O4S. The molecule has 1 amide bonds. The Morgan fingerprint density at radius 2 is 1.69 bits per heavy atom. The second kappa shape index (κ2) is 8.26. The van der Waals surface area contributed by atoms with Gasteiger partial charge in [0.1, 0.15) is 12.4 Å². The Hall–Kier alpha value is -3.19. The lowest BCUT2D eigenvalue weighted by molar-refractivity contribution is -0.380. The minimum absolute atomic E-state index is 0.0436. The van der Waals surface area contributed by atoms with Gasteiger partial charge in [-0.15, -0.1) is 0 Å². The highest BCUT2D eigenvalue weighted by Gasteiger charge is 2.14. The number of benzene rings is 2. The van der Waals surface area contributed by atoms with Gasteiger partial charge in [0.05, 0.1) is 9.80 Å². The van der Waals surface area contributed by atoms with Gasteiger partial charge in [0.15, 0.2) is 0 Å². The van der Waals surface area contributed by atoms with Crippen molar-refractivity contribution in [2.75, 3.05) is 0 Å². The number of nitrogens with zero attached hydrogens (tertiary/aromatic N) is 1. The van der Waals surface area contributed by atoms with Gasteiger partial charge in [-0.1, -0.05) is 53.8 Å². The Labute approximate surface area is 154 Å². The van der Waals surface area contributed by atoms with Crippen molar-refractivity contribution in [1.82, 2.24) is 5.32 Å². The van der Waals surface area contributed by atoms with E-state index in [2.05, 4.69) is 5.32 Å². The quantitative estimate of drug-likeness (QED) is 0.501. The fraction of sp³-hybridized carbons (Fsp3) is 0.105. The molecule has 2 aromatic carbocycles. The smallest absolute Gasteiger partial charge is 0.324 e. The Balaban J connectivity index is 1.50. The van der Waals surface area contributed by atoms with Crippen LogP contribution in [0.1, 0.15) is 20.8 Å². The van der Waals surface area contributed by atoms with Gasteiger partial charge in [-0.2, -0.15) is 0 Å². The molecule has 132 valence electrons. The summed E-state index contributed by atoms with van der Waals surface area (Å²) in [6, 6.07) is 20.1. The fourth-order valence-corrected chi connectivity index (χ4v) is 2.99. The maximum absolute atomic E-state index is 12.0. The van der Waals surface area contributed by atoms with Crippen LogP contribution in [-0.4, -0.2) is 10.8 Å². The van der Waals surface area contributed by atoms with Crippen LogP contribution in [0.25, 0.3) is 0 Å². The molecule has 0 fully saturated rings. The molecule has 0 saturated carbocycles. The zero-order chi connectivity index (χ0) is 18.4. The first-order valence-electron chi connectivity index (χ1n) is 7.90. The van der Waals surface area contributed by atoms with Gasteiger partial charge in [-0.05, 0) is 29.3 Å². The SMILES string of the molecule is O=C(NCc1ccc(COc2ccccc2)cc1)c1ccc([N+](=O)[O-])s1. The van der Waals surface area contributed by atoms with Crippen molar-refractivity contribution in [2.24, 2.45) is 0 Å². The number of thiophene rings is 1. The molecular weight excluding hydrogens is 352 g/mol. The number of hydrogen-bond donors (Lipinski definition) is 1. The third-order valence-electron chi connectivity index (χ3n) is 3.62. The van der Waals surface area contributed by atoms with E-state index in [0.29, 0.717) is 18.0 Å². The van der Waals surface area contributed by atoms with Gasteiger partial charge in [-0.25, -0.2) is 0 Å². The maximum atomic E-state index is 12.0. The molecule has 0 aliphatic rings. The van der Waals surface area contributed by atoms with Crippen LogP contribution in [0.3, 0.4) is 0 Å². The lowest BCUT2D eigenvalue weighted by Crippen LogP contribution is -2.21. The highest BCUT2D eigenvalue weighted by atomic mass is 32.1. The summed E-state index contributed by atoms with van der Waals surface area (Å²) in [5, 5.41) is 13.4. The van der Waals surface area contributed by atoms with Gasteiger partial charge in [0, 0.05) is 12.6 Å². The molecule has 0 unspecified atom stereocenters. The molecule has 0 bridgehead atoms. The van der Waals surface area contributed by atoms with Gasteiger partial charge < -0.3 is 10.1 Å². The molecule has 0 aliphatic heterocycles. The number of carbonyl (C=O) groups excluding carboxylic acids is 1. The average Bonchev–Trinajstić information content (AvgIpc) is 3.17. The summed E-state index contributed by atoms with van der Waals surface area (Å²) in [5.41, 5.74) is 1.96. The van der Waals surface area contributed by atoms with Crippen molar-refractivity contribution in [1.29, 1.82) is 0 Å². The predicted molar refractivity (Wildman–Crippen MR) is 99.4 cm³/mol. The van der Waals surface area contributed by atoms with E-state index >= 15 is 0 Å². The highest BCUT2D eigenvalue weighted by Crippen LogP contribution is 2.23. The first-order valence-corrected chi connectivity index (χ1v) is 8.71. The highest BCUT2D eigenvalue weighted by molar-refractivity contribution is 7.17. The maximum Gasteiger partial charge on any atom is 0.324 e. The van der Waals surface area contributed by atoms with Gasteiger partial charge in [0.25, 0.3) is 5.91 Å². The van der Waals surface area contributed by atoms with Crippen LogP contribution in [0, 0.1) is 10.1 Å². The van der Waals surface area contributed by atoms with Crippen LogP contribution >= 0.6 is 11.3 Å². The molecule has 3 rings (SSSR count). The van der Waals surface area contributed by atoms with Crippen molar-refractivity contribution in [3.05, 3.63) is 92.8 Å². The molecule has 26 heavy (non-hydrogen) atoms. The zero-order valence-electron chi connectivity index (χ0n) is 13.8. The third-order valence-corrected chi connectivity index (χ3v) is 4.66. The minimum atomic E-state index is -0.502. The molecule has 0 aliphatic carbocycles. The number of para-hydroxylation sites is 1. The van der Waals surface area contributed by atoms with Gasteiger partial charge in [-0.3, -0.25) is 14.9 Å². The van der Waals surface area contributed by atoms with E-state index in [1.165, 1.54) is 12.1 Å². The van der Waals surface area contributed by atoms with Crippen molar-refractivity contribution >= 4 is 22.2 Å². The number of nitro groups is 1. The Bertz CT molecular complexity index is 891. The number of carbonyl (C=O) groups is 1. The average molecular weight is 368 g/mol. The molecule has 1 aromatic heterocycles. The summed E-state index contributed by atoms with van der Waals surface area (Å²) in [6.45, 7) is 0.819. The Morgan fingerprint density at radius 3 is 2.35 bits per heavy atom. The van der Waals surface area contributed by atoms with Crippen molar-refractivity contribution < 1.29 is 14.5 Å². The third kappa shape index (κ3) is 4.67. The molecule has 6 nitrogen and oxygen atoms in total. The van der Waals surface area contributed by atoms with E-state index in [-0.39, 0.29) is 10.9 Å². The topological polar surface area (TPSA) is 81.5 Å². The Morgan fingerprint density at radius 1 is 1.00 bits per heavy atom. The van der Waals surface area contributed by atoms with Crippen molar-refractivity contribution in [3.63, 3.8) is 0 Å². The van der Waals surface area contributed by atoms with Crippen LogP contribution < -0.4 is 10.1 Å². The van der Waals surface area contributed by atoms with Crippen LogP contribution in [0.2, 0.25) is 0 Å². The molecule has 0 atom stereocenters. The van der Waals surface area contributed by atoms with Crippen molar-refractivity contribution in [3.8, 4) is 5.75 Å². The monoisotopic (exact) mass is 368 g/mol. The van der Waals surface area contributed by atoms with E-state index in [1.54, 1.807) is 0 Å². The molecule has 1 N–H and O–H groups in total. The number of nitrogens with one attached hydrogen (secondary N) is 1. The fourth-order valence-electron chi connectivity index (χ4n) is 2.25. The lowest BCUT2D eigenvalue weighted by atomic mass is 10.1. The number of hydrogen-bond acceptors (Lipinski definition) is 5. The number of amides is 1. The Kier molecular flexibility index (Phi) is 5.60. The number of ether oxygens (including phenoxy) is 1. The number of rotatable bonds is 7. The first-order chi connectivity index (χ1) is 12.6. The predicted octanol–water partition coefficient (Wildman–Crippen LogP) is 4.17. The second-order valence-corrected chi connectivity index (χ2v) is 6.56. The van der Waals surface area contributed by atoms with E-state index in [9.17, 15) is 14.9 Å². The molecule has 1 heterocycles. The van der Waals surface area contributed by atoms with Crippen LogP contribution in [0.4, 0.5) is 5.00 Å².